The second kappa shape index (κ2) is 7.72. The van der Waals surface area contributed by atoms with Crippen molar-refractivity contribution in [3.05, 3.63) is 24.3 Å². The predicted octanol–water partition coefficient (Wildman–Crippen LogP) is 1.77. The van der Waals surface area contributed by atoms with Crippen LogP contribution in [0.3, 0.4) is 0 Å². The minimum Gasteiger partial charge on any atom is -0.484 e. The van der Waals surface area contributed by atoms with Crippen LogP contribution in [0.5, 0.6) is 11.5 Å². The van der Waals surface area contributed by atoms with Crippen molar-refractivity contribution >= 4 is 5.91 Å². The molecule has 0 aromatic heterocycles. The molecule has 5 nitrogen and oxygen atoms in total. The monoisotopic (exact) mass is 306 g/mol. The SMILES string of the molecule is CN(CCCN)C(=O)COc1ccc(OC(F)(F)F)cc1. The van der Waals surface area contributed by atoms with Crippen LogP contribution in [0.2, 0.25) is 0 Å². The zero-order valence-electron chi connectivity index (χ0n) is 11.5. The van der Waals surface area contributed by atoms with Crippen LogP contribution in [0.25, 0.3) is 0 Å². The number of likely N-dealkylation sites (N-methyl/N-ethyl adjacent to an activating group) is 1. The van der Waals surface area contributed by atoms with Crippen molar-refractivity contribution < 1.29 is 27.4 Å². The Morgan fingerprint density at radius 3 is 2.33 bits per heavy atom. The topological polar surface area (TPSA) is 64.8 Å². The second-order valence-electron chi connectivity index (χ2n) is 4.27. The van der Waals surface area contributed by atoms with Crippen LogP contribution in [0.4, 0.5) is 13.2 Å². The first kappa shape index (κ1) is 17.1. The second-order valence-corrected chi connectivity index (χ2v) is 4.27. The highest BCUT2D eigenvalue weighted by Crippen LogP contribution is 2.24. The van der Waals surface area contributed by atoms with E-state index in [-0.39, 0.29) is 24.0 Å². The Hall–Kier alpha value is -1.96. The van der Waals surface area contributed by atoms with Gasteiger partial charge in [0.2, 0.25) is 0 Å². The van der Waals surface area contributed by atoms with Gasteiger partial charge in [0.25, 0.3) is 5.91 Å². The van der Waals surface area contributed by atoms with Crippen molar-refractivity contribution in [1.29, 1.82) is 0 Å². The number of hydrogen-bond donors (Lipinski definition) is 1. The third-order valence-corrected chi connectivity index (χ3v) is 2.54. The van der Waals surface area contributed by atoms with Crippen LogP contribution in [-0.2, 0) is 4.79 Å². The highest BCUT2D eigenvalue weighted by atomic mass is 19.4. The van der Waals surface area contributed by atoms with Crippen molar-refractivity contribution in [1.82, 2.24) is 4.90 Å². The maximum atomic E-state index is 12.0. The van der Waals surface area contributed by atoms with Gasteiger partial charge in [-0.1, -0.05) is 0 Å². The molecule has 0 saturated carbocycles. The minimum absolute atomic E-state index is 0.194. The molecule has 0 atom stereocenters. The summed E-state index contributed by atoms with van der Waals surface area (Å²) < 4.78 is 44.8. The van der Waals surface area contributed by atoms with Gasteiger partial charge < -0.3 is 20.1 Å². The lowest BCUT2D eigenvalue weighted by atomic mass is 10.3. The molecule has 0 radical (unpaired) electrons. The van der Waals surface area contributed by atoms with E-state index in [1.807, 2.05) is 0 Å². The van der Waals surface area contributed by atoms with E-state index in [1.54, 1.807) is 7.05 Å². The molecular formula is C13H17F3N2O3. The standard InChI is InChI=1S/C13H17F3N2O3/c1-18(8-2-7-17)12(19)9-20-10-3-5-11(6-4-10)21-13(14,15)16/h3-6H,2,7-9,17H2,1H3. The Labute approximate surface area is 120 Å². The van der Waals surface area contributed by atoms with Crippen LogP contribution < -0.4 is 15.2 Å². The zero-order valence-corrected chi connectivity index (χ0v) is 11.5. The molecule has 0 bridgehead atoms. The minimum atomic E-state index is -4.73. The summed E-state index contributed by atoms with van der Waals surface area (Å²) in [5.74, 6) is -0.301. The van der Waals surface area contributed by atoms with E-state index >= 15 is 0 Å². The van der Waals surface area contributed by atoms with Gasteiger partial charge in [-0.05, 0) is 37.2 Å². The number of benzene rings is 1. The molecule has 0 aliphatic rings. The number of carbonyl (C=O) groups excluding carboxylic acids is 1. The van der Waals surface area contributed by atoms with Crippen molar-refractivity contribution in [2.75, 3.05) is 26.7 Å². The number of rotatable bonds is 7. The van der Waals surface area contributed by atoms with Gasteiger partial charge in [0.1, 0.15) is 11.5 Å². The van der Waals surface area contributed by atoms with Crippen LogP contribution in [0.15, 0.2) is 24.3 Å². The fourth-order valence-electron chi connectivity index (χ4n) is 1.45. The Balaban J connectivity index is 2.44. The van der Waals surface area contributed by atoms with Crippen molar-refractivity contribution in [3.63, 3.8) is 0 Å². The molecule has 2 N–H and O–H groups in total. The van der Waals surface area contributed by atoms with E-state index in [2.05, 4.69) is 4.74 Å². The summed E-state index contributed by atoms with van der Waals surface area (Å²) in [6.07, 6.45) is -4.05. The Bertz CT molecular complexity index is 449. The van der Waals surface area contributed by atoms with Crippen molar-refractivity contribution in [2.24, 2.45) is 5.73 Å². The van der Waals surface area contributed by atoms with E-state index in [0.29, 0.717) is 19.5 Å². The number of amides is 1. The Kier molecular flexibility index (Phi) is 6.29. The molecule has 0 fully saturated rings. The highest BCUT2D eigenvalue weighted by Gasteiger charge is 2.30. The third-order valence-electron chi connectivity index (χ3n) is 2.54. The molecule has 1 rings (SSSR count). The average Bonchev–Trinajstić information content (AvgIpc) is 2.42. The maximum Gasteiger partial charge on any atom is 0.573 e. The van der Waals surface area contributed by atoms with E-state index in [0.717, 1.165) is 12.1 Å². The van der Waals surface area contributed by atoms with Gasteiger partial charge in [-0.15, -0.1) is 13.2 Å². The molecule has 1 amide bonds. The maximum absolute atomic E-state index is 12.0. The number of ether oxygens (including phenoxy) is 2. The molecule has 0 aliphatic carbocycles. The number of halogens is 3. The largest absolute Gasteiger partial charge is 0.573 e. The first-order valence-electron chi connectivity index (χ1n) is 6.24. The molecule has 0 aliphatic heterocycles. The van der Waals surface area contributed by atoms with Gasteiger partial charge in [-0.3, -0.25) is 4.79 Å². The van der Waals surface area contributed by atoms with E-state index in [9.17, 15) is 18.0 Å². The number of carbonyl (C=O) groups is 1. The lowest BCUT2D eigenvalue weighted by Crippen LogP contribution is -2.33. The van der Waals surface area contributed by atoms with Gasteiger partial charge in [0.05, 0.1) is 0 Å². The van der Waals surface area contributed by atoms with Crippen LogP contribution in [0.1, 0.15) is 6.42 Å². The predicted molar refractivity (Wildman–Crippen MR) is 69.9 cm³/mol. The van der Waals surface area contributed by atoms with Crippen LogP contribution in [0, 0.1) is 0 Å². The third kappa shape index (κ3) is 6.84. The fraction of sp³-hybridized carbons (Fsp3) is 0.462. The van der Waals surface area contributed by atoms with Gasteiger partial charge in [-0.25, -0.2) is 0 Å². The van der Waals surface area contributed by atoms with Crippen molar-refractivity contribution in [2.45, 2.75) is 12.8 Å². The van der Waals surface area contributed by atoms with Gasteiger partial charge >= 0.3 is 6.36 Å². The molecule has 0 saturated heterocycles. The summed E-state index contributed by atoms with van der Waals surface area (Å²) in [5, 5.41) is 0. The average molecular weight is 306 g/mol. The van der Waals surface area contributed by atoms with Gasteiger partial charge in [0, 0.05) is 13.6 Å². The molecule has 0 spiro atoms. The first-order chi connectivity index (χ1) is 9.81. The summed E-state index contributed by atoms with van der Waals surface area (Å²) in [7, 11) is 1.63. The number of hydrogen-bond acceptors (Lipinski definition) is 4. The smallest absolute Gasteiger partial charge is 0.484 e. The molecule has 118 valence electrons. The molecular weight excluding hydrogens is 289 g/mol. The zero-order chi connectivity index (χ0) is 15.9. The van der Waals surface area contributed by atoms with Crippen molar-refractivity contribution in [3.8, 4) is 11.5 Å². The number of nitrogens with zero attached hydrogens (tertiary/aromatic N) is 1. The van der Waals surface area contributed by atoms with E-state index in [1.165, 1.54) is 17.0 Å². The summed E-state index contributed by atoms with van der Waals surface area (Å²) in [6.45, 7) is 0.816. The lowest BCUT2D eigenvalue weighted by molar-refractivity contribution is -0.274. The van der Waals surface area contributed by atoms with Gasteiger partial charge in [-0.2, -0.15) is 0 Å². The quantitative estimate of drug-likeness (QED) is 0.834. The molecule has 0 unspecified atom stereocenters. The normalized spacial score (nSPS) is 11.1. The van der Waals surface area contributed by atoms with Crippen LogP contribution >= 0.6 is 0 Å². The van der Waals surface area contributed by atoms with Crippen LogP contribution in [-0.4, -0.2) is 43.9 Å². The number of nitrogens with two attached hydrogens (primary N) is 1. The first-order valence-corrected chi connectivity index (χ1v) is 6.24. The van der Waals surface area contributed by atoms with E-state index < -0.39 is 6.36 Å². The molecule has 1 aromatic carbocycles. The lowest BCUT2D eigenvalue weighted by Gasteiger charge is -2.17. The Morgan fingerprint density at radius 2 is 1.81 bits per heavy atom. The molecule has 8 heteroatoms. The summed E-state index contributed by atoms with van der Waals surface area (Å²) in [6, 6.07) is 4.83. The summed E-state index contributed by atoms with van der Waals surface area (Å²) >= 11 is 0. The summed E-state index contributed by atoms with van der Waals surface area (Å²) in [5.41, 5.74) is 5.34. The fourth-order valence-corrected chi connectivity index (χ4v) is 1.45. The molecule has 21 heavy (non-hydrogen) atoms. The Morgan fingerprint density at radius 1 is 1.24 bits per heavy atom. The van der Waals surface area contributed by atoms with E-state index in [4.69, 9.17) is 10.5 Å². The van der Waals surface area contributed by atoms with Gasteiger partial charge in [0.15, 0.2) is 6.61 Å². The molecule has 0 heterocycles. The highest BCUT2D eigenvalue weighted by molar-refractivity contribution is 5.77. The number of alkyl halides is 3. The molecule has 1 aromatic rings. The summed E-state index contributed by atoms with van der Waals surface area (Å²) in [4.78, 5) is 13.1.